The van der Waals surface area contributed by atoms with Crippen molar-refractivity contribution in [2.75, 3.05) is 4.90 Å². The average Bonchev–Trinajstić information content (AvgIpc) is 3.70. The van der Waals surface area contributed by atoms with Gasteiger partial charge in [-0.05, 0) is 98.8 Å². The van der Waals surface area contributed by atoms with E-state index in [2.05, 4.69) is 181 Å². The van der Waals surface area contributed by atoms with Crippen molar-refractivity contribution in [3.63, 3.8) is 0 Å². The first-order chi connectivity index (χ1) is 26.8. The molecule has 1 aromatic heterocycles. The van der Waals surface area contributed by atoms with Crippen molar-refractivity contribution >= 4 is 49.7 Å². The lowest BCUT2D eigenvalue weighted by Crippen LogP contribution is -2.11. The second-order valence-corrected chi connectivity index (χ2v) is 13.5. The number of aromatic nitrogens is 1. The van der Waals surface area contributed by atoms with E-state index in [9.17, 15) is 0 Å². The van der Waals surface area contributed by atoms with Gasteiger partial charge in [-0.1, -0.05) is 152 Å². The third-order valence-corrected chi connectivity index (χ3v) is 10.3. The molecule has 54 heavy (non-hydrogen) atoms. The topological polar surface area (TPSA) is 29.3 Å². The summed E-state index contributed by atoms with van der Waals surface area (Å²) in [5.74, 6) is 0.619. The molecule has 0 fully saturated rings. The van der Waals surface area contributed by atoms with Crippen molar-refractivity contribution < 1.29 is 4.42 Å². The van der Waals surface area contributed by atoms with Gasteiger partial charge in [0.25, 0.3) is 0 Å². The SMILES string of the molecule is c1ccc(-c2nc3ccc4cc(-c5ccccc5)c5c(N(c6ccccc6)c6cccc(-c7ccccc7-c7ccccc7)c6)cccc5c4c3o2)cc1. The summed E-state index contributed by atoms with van der Waals surface area (Å²) in [5, 5.41) is 4.40. The fraction of sp³-hybridized carbons (Fsp3) is 0. The molecule has 0 unspecified atom stereocenters. The zero-order valence-corrected chi connectivity index (χ0v) is 29.4. The molecular formula is C51H34N2O. The van der Waals surface area contributed by atoms with Crippen LogP contribution in [-0.4, -0.2) is 4.98 Å². The maximum absolute atomic E-state index is 6.68. The van der Waals surface area contributed by atoms with Crippen LogP contribution in [0.4, 0.5) is 17.1 Å². The Balaban J connectivity index is 1.25. The van der Waals surface area contributed by atoms with E-state index in [1.807, 2.05) is 30.3 Å². The molecule has 0 atom stereocenters. The first kappa shape index (κ1) is 31.5. The lowest BCUT2D eigenvalue weighted by atomic mass is 9.91. The molecule has 0 spiro atoms. The molecule has 254 valence electrons. The molecule has 10 aromatic rings. The van der Waals surface area contributed by atoms with Crippen LogP contribution in [0, 0.1) is 0 Å². The number of para-hydroxylation sites is 1. The lowest BCUT2D eigenvalue weighted by molar-refractivity contribution is 0.623. The Hall–Kier alpha value is -7.23. The average molecular weight is 691 g/mol. The fourth-order valence-corrected chi connectivity index (χ4v) is 7.82. The number of hydrogen-bond acceptors (Lipinski definition) is 3. The maximum atomic E-state index is 6.68. The van der Waals surface area contributed by atoms with E-state index in [-0.39, 0.29) is 0 Å². The van der Waals surface area contributed by atoms with E-state index in [1.165, 1.54) is 16.7 Å². The highest BCUT2D eigenvalue weighted by molar-refractivity contribution is 6.24. The summed E-state index contributed by atoms with van der Waals surface area (Å²) in [6.07, 6.45) is 0. The van der Waals surface area contributed by atoms with E-state index in [4.69, 9.17) is 9.40 Å². The van der Waals surface area contributed by atoms with Gasteiger partial charge in [-0.25, -0.2) is 4.98 Å². The number of rotatable bonds is 7. The van der Waals surface area contributed by atoms with Crippen molar-refractivity contribution in [1.29, 1.82) is 0 Å². The second kappa shape index (κ2) is 13.4. The molecule has 10 rings (SSSR count). The third-order valence-electron chi connectivity index (χ3n) is 10.3. The van der Waals surface area contributed by atoms with Crippen LogP contribution in [0.2, 0.25) is 0 Å². The van der Waals surface area contributed by atoms with Gasteiger partial charge in [0.2, 0.25) is 5.89 Å². The Morgan fingerprint density at radius 1 is 0.389 bits per heavy atom. The molecule has 3 heteroatoms. The van der Waals surface area contributed by atoms with Crippen molar-refractivity contribution in [2.24, 2.45) is 0 Å². The van der Waals surface area contributed by atoms with E-state index < -0.39 is 0 Å². The first-order valence-corrected chi connectivity index (χ1v) is 18.3. The predicted molar refractivity (Wildman–Crippen MR) is 225 cm³/mol. The van der Waals surface area contributed by atoms with Crippen LogP contribution in [0.3, 0.4) is 0 Å². The Kier molecular flexibility index (Phi) is 7.81. The molecule has 0 amide bonds. The molecule has 0 aliphatic heterocycles. The van der Waals surface area contributed by atoms with Gasteiger partial charge < -0.3 is 9.32 Å². The molecule has 1 heterocycles. The second-order valence-electron chi connectivity index (χ2n) is 13.5. The summed E-state index contributed by atoms with van der Waals surface area (Å²) < 4.78 is 6.68. The van der Waals surface area contributed by atoms with Gasteiger partial charge in [-0.2, -0.15) is 0 Å². The van der Waals surface area contributed by atoms with E-state index in [0.717, 1.165) is 72.0 Å². The van der Waals surface area contributed by atoms with Crippen LogP contribution in [-0.2, 0) is 0 Å². The number of hydrogen-bond donors (Lipinski definition) is 0. The number of benzene rings is 9. The van der Waals surface area contributed by atoms with Crippen LogP contribution in [0.15, 0.2) is 211 Å². The van der Waals surface area contributed by atoms with Gasteiger partial charge in [-0.15, -0.1) is 0 Å². The van der Waals surface area contributed by atoms with Gasteiger partial charge in [0, 0.05) is 27.7 Å². The van der Waals surface area contributed by atoms with Crippen LogP contribution < -0.4 is 4.90 Å². The maximum Gasteiger partial charge on any atom is 0.227 e. The first-order valence-electron chi connectivity index (χ1n) is 18.3. The molecule has 0 bridgehead atoms. The van der Waals surface area contributed by atoms with E-state index in [1.54, 1.807) is 0 Å². The van der Waals surface area contributed by atoms with Crippen LogP contribution in [0.1, 0.15) is 0 Å². The zero-order valence-electron chi connectivity index (χ0n) is 29.4. The molecule has 0 N–H and O–H groups in total. The van der Waals surface area contributed by atoms with Gasteiger partial charge in [0.15, 0.2) is 5.58 Å². The Morgan fingerprint density at radius 3 is 1.65 bits per heavy atom. The monoisotopic (exact) mass is 690 g/mol. The summed E-state index contributed by atoms with van der Waals surface area (Å²) in [6.45, 7) is 0. The van der Waals surface area contributed by atoms with Gasteiger partial charge in [0.1, 0.15) is 5.52 Å². The van der Waals surface area contributed by atoms with Crippen molar-refractivity contribution in [3.8, 4) is 44.8 Å². The quantitative estimate of drug-likeness (QED) is 0.156. The number of fused-ring (bicyclic) bond motifs is 5. The summed E-state index contributed by atoms with van der Waals surface area (Å²) in [5.41, 5.74) is 12.8. The zero-order chi connectivity index (χ0) is 35.8. The van der Waals surface area contributed by atoms with Crippen LogP contribution in [0.5, 0.6) is 0 Å². The summed E-state index contributed by atoms with van der Waals surface area (Å²) in [7, 11) is 0. The molecule has 0 radical (unpaired) electrons. The van der Waals surface area contributed by atoms with Gasteiger partial charge in [-0.3, -0.25) is 0 Å². The highest BCUT2D eigenvalue weighted by atomic mass is 16.3. The fourth-order valence-electron chi connectivity index (χ4n) is 7.82. The Bertz CT molecular complexity index is 2920. The molecule has 0 saturated carbocycles. The Labute approximate surface area is 314 Å². The molecule has 0 aliphatic carbocycles. The highest BCUT2D eigenvalue weighted by Gasteiger charge is 2.22. The molecule has 0 saturated heterocycles. The number of anilines is 3. The molecule has 9 aromatic carbocycles. The van der Waals surface area contributed by atoms with E-state index in [0.29, 0.717) is 5.89 Å². The van der Waals surface area contributed by atoms with Gasteiger partial charge >= 0.3 is 0 Å². The van der Waals surface area contributed by atoms with Crippen LogP contribution >= 0.6 is 0 Å². The molecular weight excluding hydrogens is 657 g/mol. The number of nitrogens with zero attached hydrogens (tertiary/aromatic N) is 2. The lowest BCUT2D eigenvalue weighted by Gasteiger charge is -2.28. The van der Waals surface area contributed by atoms with Crippen LogP contribution in [0.25, 0.3) is 77.5 Å². The largest absolute Gasteiger partial charge is 0.435 e. The van der Waals surface area contributed by atoms with E-state index >= 15 is 0 Å². The minimum atomic E-state index is 0.619. The predicted octanol–water partition coefficient (Wildman–Crippen LogP) is 14.3. The minimum absolute atomic E-state index is 0.619. The Morgan fingerprint density at radius 2 is 0.944 bits per heavy atom. The van der Waals surface area contributed by atoms with Crippen molar-refractivity contribution in [1.82, 2.24) is 4.98 Å². The summed E-state index contributed by atoms with van der Waals surface area (Å²) in [6, 6.07) is 72.9. The standard InChI is InChI=1S/C51H34N2O/c1-5-17-35(18-6-1)42-27-13-14-28-43(42)38-23-15-26-41(33-38)53(40-24-11-4-12-25-40)47-30-16-29-44-48-39(34-45(49(44)47)36-19-7-2-8-20-36)31-32-46-50(48)54-51(52-46)37-21-9-3-10-22-37/h1-34H. The summed E-state index contributed by atoms with van der Waals surface area (Å²) >= 11 is 0. The van der Waals surface area contributed by atoms with Crippen molar-refractivity contribution in [2.45, 2.75) is 0 Å². The normalized spacial score (nSPS) is 11.3. The van der Waals surface area contributed by atoms with Gasteiger partial charge in [0.05, 0.1) is 5.69 Å². The third kappa shape index (κ3) is 5.51. The molecule has 0 aliphatic rings. The number of oxazole rings is 1. The van der Waals surface area contributed by atoms with Crippen molar-refractivity contribution in [3.05, 3.63) is 206 Å². The minimum Gasteiger partial charge on any atom is -0.435 e. The smallest absolute Gasteiger partial charge is 0.227 e. The molecule has 3 nitrogen and oxygen atoms in total. The summed E-state index contributed by atoms with van der Waals surface area (Å²) in [4.78, 5) is 7.36. The highest BCUT2D eigenvalue weighted by Crippen LogP contribution is 2.47.